The monoisotopic (exact) mass is 259 g/mol. The maximum Gasteiger partial charge on any atom is 0.0957 e. The van der Waals surface area contributed by atoms with Crippen molar-refractivity contribution in [2.24, 2.45) is 0 Å². The van der Waals surface area contributed by atoms with E-state index in [1.54, 1.807) is 6.20 Å². The lowest BCUT2D eigenvalue weighted by Crippen LogP contribution is -2.08. The summed E-state index contributed by atoms with van der Waals surface area (Å²) in [6, 6.07) is 4.36. The summed E-state index contributed by atoms with van der Waals surface area (Å²) in [4.78, 5) is 8.67. The Morgan fingerprint density at radius 2 is 1.84 bits per heavy atom. The lowest BCUT2D eigenvalue weighted by Gasteiger charge is -2.16. The van der Waals surface area contributed by atoms with Crippen LogP contribution in [-0.4, -0.2) is 14.5 Å². The van der Waals surface area contributed by atoms with Gasteiger partial charge < -0.3 is 4.57 Å². The summed E-state index contributed by atoms with van der Waals surface area (Å²) in [5, 5.41) is 0. The number of aromatic nitrogens is 3. The Labute approximate surface area is 116 Å². The zero-order valence-corrected chi connectivity index (χ0v) is 12.9. The standard InChI is InChI=1S/C14H19N3.C2H6/c1-10(2)14-12(4)17(9-16-14)11(3)13-6-5-7-15-8-13;1-2/h5-11H,1-4H3;1-2H3. The molecule has 0 aliphatic rings. The van der Waals surface area contributed by atoms with Gasteiger partial charge in [0.15, 0.2) is 0 Å². The van der Waals surface area contributed by atoms with Gasteiger partial charge in [-0.1, -0.05) is 33.8 Å². The molecular weight excluding hydrogens is 234 g/mol. The second-order valence-corrected chi connectivity index (χ2v) is 4.74. The topological polar surface area (TPSA) is 30.7 Å². The van der Waals surface area contributed by atoms with Crippen LogP contribution < -0.4 is 0 Å². The molecule has 1 unspecified atom stereocenters. The zero-order valence-electron chi connectivity index (χ0n) is 12.9. The Morgan fingerprint density at radius 3 is 2.32 bits per heavy atom. The number of nitrogens with zero attached hydrogens (tertiary/aromatic N) is 3. The average molecular weight is 259 g/mol. The third kappa shape index (κ3) is 3.43. The van der Waals surface area contributed by atoms with E-state index in [0.29, 0.717) is 5.92 Å². The normalized spacial score (nSPS) is 11.9. The maximum atomic E-state index is 4.50. The molecule has 0 amide bonds. The fraction of sp³-hybridized carbons (Fsp3) is 0.500. The third-order valence-corrected chi connectivity index (χ3v) is 3.21. The van der Waals surface area contributed by atoms with Crippen molar-refractivity contribution in [2.75, 3.05) is 0 Å². The van der Waals surface area contributed by atoms with Crippen LogP contribution in [0, 0.1) is 6.92 Å². The van der Waals surface area contributed by atoms with E-state index < -0.39 is 0 Å². The van der Waals surface area contributed by atoms with Gasteiger partial charge in [-0.2, -0.15) is 0 Å². The fourth-order valence-electron chi connectivity index (χ4n) is 2.18. The summed E-state index contributed by atoms with van der Waals surface area (Å²) in [5.41, 5.74) is 3.64. The minimum Gasteiger partial charge on any atom is -0.327 e. The van der Waals surface area contributed by atoms with E-state index in [0.717, 1.165) is 0 Å². The lowest BCUT2D eigenvalue weighted by molar-refractivity contribution is 0.617. The molecular formula is C16H25N3. The van der Waals surface area contributed by atoms with Crippen LogP contribution >= 0.6 is 0 Å². The molecule has 0 radical (unpaired) electrons. The summed E-state index contributed by atoms with van der Waals surface area (Å²) < 4.78 is 2.21. The molecule has 0 spiro atoms. The summed E-state index contributed by atoms with van der Waals surface area (Å²) in [6.07, 6.45) is 5.65. The Kier molecular flexibility index (Phi) is 5.74. The van der Waals surface area contributed by atoms with E-state index in [2.05, 4.69) is 48.3 Å². The van der Waals surface area contributed by atoms with Crippen LogP contribution in [-0.2, 0) is 0 Å². The second-order valence-electron chi connectivity index (χ2n) is 4.74. The lowest BCUT2D eigenvalue weighted by atomic mass is 10.1. The zero-order chi connectivity index (χ0) is 14.4. The van der Waals surface area contributed by atoms with Gasteiger partial charge in [-0.3, -0.25) is 4.98 Å². The highest BCUT2D eigenvalue weighted by molar-refractivity contribution is 5.21. The van der Waals surface area contributed by atoms with Crippen molar-refractivity contribution in [3.8, 4) is 0 Å². The predicted octanol–water partition coefficient (Wildman–Crippen LogP) is 4.35. The predicted molar refractivity (Wildman–Crippen MR) is 80.5 cm³/mol. The van der Waals surface area contributed by atoms with Gasteiger partial charge in [0.1, 0.15) is 0 Å². The summed E-state index contributed by atoms with van der Waals surface area (Å²) >= 11 is 0. The SMILES string of the molecule is CC.Cc1c(C(C)C)ncn1C(C)c1cccnc1. The van der Waals surface area contributed by atoms with Crippen LogP contribution in [0.1, 0.15) is 63.5 Å². The molecule has 19 heavy (non-hydrogen) atoms. The van der Waals surface area contributed by atoms with Gasteiger partial charge in [0.05, 0.1) is 18.1 Å². The first-order chi connectivity index (χ1) is 9.11. The molecule has 2 heterocycles. The highest BCUT2D eigenvalue weighted by Crippen LogP contribution is 2.23. The number of hydrogen-bond acceptors (Lipinski definition) is 2. The van der Waals surface area contributed by atoms with Crippen molar-refractivity contribution >= 4 is 0 Å². The Morgan fingerprint density at radius 1 is 1.16 bits per heavy atom. The van der Waals surface area contributed by atoms with Gasteiger partial charge in [0.25, 0.3) is 0 Å². The molecule has 2 aromatic heterocycles. The molecule has 0 aliphatic carbocycles. The first-order valence-electron chi connectivity index (χ1n) is 7.04. The molecule has 2 aromatic rings. The van der Waals surface area contributed by atoms with Crippen LogP contribution in [0.5, 0.6) is 0 Å². The number of hydrogen-bond donors (Lipinski definition) is 0. The van der Waals surface area contributed by atoms with E-state index in [1.165, 1.54) is 17.0 Å². The maximum absolute atomic E-state index is 4.50. The van der Waals surface area contributed by atoms with E-state index in [1.807, 2.05) is 32.4 Å². The highest BCUT2D eigenvalue weighted by Gasteiger charge is 2.15. The molecule has 2 rings (SSSR count). The largest absolute Gasteiger partial charge is 0.327 e. The molecule has 0 bridgehead atoms. The van der Waals surface area contributed by atoms with E-state index >= 15 is 0 Å². The van der Waals surface area contributed by atoms with Crippen LogP contribution in [0.2, 0.25) is 0 Å². The van der Waals surface area contributed by atoms with Crippen LogP contribution in [0.25, 0.3) is 0 Å². The van der Waals surface area contributed by atoms with Gasteiger partial charge in [0, 0.05) is 18.1 Å². The average Bonchev–Trinajstić information content (AvgIpc) is 2.83. The molecule has 3 heteroatoms. The Hall–Kier alpha value is -1.64. The quantitative estimate of drug-likeness (QED) is 0.820. The van der Waals surface area contributed by atoms with Gasteiger partial charge in [-0.25, -0.2) is 4.98 Å². The van der Waals surface area contributed by atoms with Crippen LogP contribution in [0.15, 0.2) is 30.9 Å². The fourth-order valence-corrected chi connectivity index (χ4v) is 2.18. The molecule has 0 saturated carbocycles. The van der Waals surface area contributed by atoms with Gasteiger partial charge >= 0.3 is 0 Å². The molecule has 0 aliphatic heterocycles. The Balaban J connectivity index is 0.000000861. The molecule has 0 saturated heterocycles. The van der Waals surface area contributed by atoms with Crippen LogP contribution in [0.4, 0.5) is 0 Å². The van der Waals surface area contributed by atoms with Crippen molar-refractivity contribution < 1.29 is 0 Å². The van der Waals surface area contributed by atoms with Crippen LogP contribution in [0.3, 0.4) is 0 Å². The van der Waals surface area contributed by atoms with E-state index in [-0.39, 0.29) is 6.04 Å². The molecule has 3 nitrogen and oxygen atoms in total. The van der Waals surface area contributed by atoms with E-state index in [9.17, 15) is 0 Å². The summed E-state index contributed by atoms with van der Waals surface area (Å²) in [6.45, 7) is 12.7. The van der Waals surface area contributed by atoms with Crippen molar-refractivity contribution in [3.63, 3.8) is 0 Å². The molecule has 104 valence electrons. The van der Waals surface area contributed by atoms with Crippen molar-refractivity contribution in [3.05, 3.63) is 47.8 Å². The number of rotatable bonds is 3. The van der Waals surface area contributed by atoms with Gasteiger partial charge in [0.2, 0.25) is 0 Å². The smallest absolute Gasteiger partial charge is 0.0957 e. The van der Waals surface area contributed by atoms with Crippen molar-refractivity contribution in [1.29, 1.82) is 0 Å². The molecule has 0 N–H and O–H groups in total. The van der Waals surface area contributed by atoms with Crippen molar-refractivity contribution in [2.45, 2.75) is 53.5 Å². The second kappa shape index (κ2) is 7.07. The first-order valence-corrected chi connectivity index (χ1v) is 7.04. The number of imidazole rings is 1. The number of pyridine rings is 1. The Bertz CT molecular complexity index is 486. The van der Waals surface area contributed by atoms with Gasteiger partial charge in [-0.15, -0.1) is 0 Å². The minimum atomic E-state index is 0.281. The minimum absolute atomic E-state index is 0.281. The molecule has 0 aromatic carbocycles. The summed E-state index contributed by atoms with van der Waals surface area (Å²) in [5.74, 6) is 0.470. The van der Waals surface area contributed by atoms with Crippen molar-refractivity contribution in [1.82, 2.24) is 14.5 Å². The summed E-state index contributed by atoms with van der Waals surface area (Å²) in [7, 11) is 0. The highest BCUT2D eigenvalue weighted by atomic mass is 15.1. The molecule has 0 fully saturated rings. The molecule has 1 atom stereocenters. The first kappa shape index (κ1) is 15.4. The van der Waals surface area contributed by atoms with Gasteiger partial charge in [-0.05, 0) is 31.4 Å². The third-order valence-electron chi connectivity index (χ3n) is 3.21. The van der Waals surface area contributed by atoms with E-state index in [4.69, 9.17) is 0 Å².